The highest BCUT2D eigenvalue weighted by Gasteiger charge is 2.39. The van der Waals surface area contributed by atoms with Crippen molar-refractivity contribution in [2.24, 2.45) is 0 Å². The van der Waals surface area contributed by atoms with Gasteiger partial charge in [0.15, 0.2) is 0 Å². The lowest BCUT2D eigenvalue weighted by atomic mass is 9.80. The van der Waals surface area contributed by atoms with Crippen molar-refractivity contribution in [3.8, 4) is 0 Å². The molecule has 0 saturated heterocycles. The van der Waals surface area contributed by atoms with Crippen molar-refractivity contribution in [2.75, 3.05) is 0 Å². The van der Waals surface area contributed by atoms with Gasteiger partial charge in [0, 0.05) is 4.90 Å². The second-order valence-corrected chi connectivity index (χ2v) is 7.06. The second kappa shape index (κ2) is 6.67. The number of benzene rings is 2. The van der Waals surface area contributed by atoms with Gasteiger partial charge in [-0.15, -0.1) is 11.8 Å². The van der Waals surface area contributed by atoms with Crippen LogP contribution in [0.1, 0.15) is 42.9 Å². The molecule has 0 heterocycles. The van der Waals surface area contributed by atoms with E-state index in [0.29, 0.717) is 0 Å². The smallest absolute Gasteiger partial charge is 0.0810 e. The van der Waals surface area contributed by atoms with Gasteiger partial charge in [-0.25, -0.2) is 0 Å². The van der Waals surface area contributed by atoms with E-state index in [2.05, 4.69) is 48.5 Å². The van der Waals surface area contributed by atoms with Crippen LogP contribution in [0, 0.1) is 0 Å². The Morgan fingerprint density at radius 3 is 2.00 bits per heavy atom. The van der Waals surface area contributed by atoms with Gasteiger partial charge in [-0.2, -0.15) is 0 Å². The minimum Gasteiger partial charge on any atom is -0.388 e. The molecule has 0 unspecified atom stereocenters. The Hall–Kier alpha value is -1.25. The number of thioether (sulfide) groups is 1. The Balaban J connectivity index is 1.91. The number of rotatable bonds is 4. The van der Waals surface area contributed by atoms with Gasteiger partial charge in [0.25, 0.3) is 0 Å². The zero-order chi connectivity index (χ0) is 14.5. The molecular formula is C19H22OS. The normalized spacial score (nSPS) is 19.1. The van der Waals surface area contributed by atoms with E-state index >= 15 is 0 Å². The predicted molar refractivity (Wildman–Crippen MR) is 89.5 cm³/mol. The Bertz CT molecular complexity index is 546. The summed E-state index contributed by atoms with van der Waals surface area (Å²) in [7, 11) is 0. The van der Waals surface area contributed by atoms with Crippen molar-refractivity contribution in [3.63, 3.8) is 0 Å². The van der Waals surface area contributed by atoms with Crippen molar-refractivity contribution < 1.29 is 5.11 Å². The molecule has 1 N–H and O–H groups in total. The zero-order valence-corrected chi connectivity index (χ0v) is 13.1. The Kier molecular flexibility index (Phi) is 4.67. The van der Waals surface area contributed by atoms with Crippen molar-refractivity contribution >= 4 is 11.8 Å². The third-order valence-corrected chi connectivity index (χ3v) is 5.80. The first-order valence-corrected chi connectivity index (χ1v) is 8.65. The summed E-state index contributed by atoms with van der Waals surface area (Å²) in [5.74, 6) is 0. The van der Waals surface area contributed by atoms with Crippen LogP contribution in [-0.2, 0) is 0 Å². The number of aliphatic hydroxyl groups is 1. The molecule has 0 aromatic heterocycles. The zero-order valence-electron chi connectivity index (χ0n) is 12.2. The molecule has 1 fully saturated rings. The fourth-order valence-corrected chi connectivity index (χ4v) is 4.51. The molecule has 0 bridgehead atoms. The van der Waals surface area contributed by atoms with Crippen LogP contribution >= 0.6 is 11.8 Å². The minimum absolute atomic E-state index is 0.112. The van der Waals surface area contributed by atoms with Crippen molar-refractivity contribution in [3.05, 3.63) is 66.2 Å². The van der Waals surface area contributed by atoms with Crippen LogP contribution in [0.4, 0.5) is 0 Å². The molecule has 1 atom stereocenters. The highest BCUT2D eigenvalue weighted by atomic mass is 32.2. The Morgan fingerprint density at radius 2 is 1.38 bits per heavy atom. The fraction of sp³-hybridized carbons (Fsp3) is 0.368. The quantitative estimate of drug-likeness (QED) is 0.781. The van der Waals surface area contributed by atoms with Crippen LogP contribution in [0.5, 0.6) is 0 Å². The summed E-state index contributed by atoms with van der Waals surface area (Å²) in [6.45, 7) is 0. The molecule has 0 radical (unpaired) electrons. The SMILES string of the molecule is OC1([C@@H](Sc2ccccc2)c2ccccc2)CCCCC1. The summed E-state index contributed by atoms with van der Waals surface area (Å²) in [4.78, 5) is 1.23. The molecule has 2 aromatic rings. The number of hydrogen-bond donors (Lipinski definition) is 1. The van der Waals surface area contributed by atoms with Gasteiger partial charge in [-0.3, -0.25) is 0 Å². The first-order chi connectivity index (χ1) is 10.3. The van der Waals surface area contributed by atoms with Gasteiger partial charge in [0.2, 0.25) is 0 Å². The third-order valence-electron chi connectivity index (χ3n) is 4.31. The summed E-state index contributed by atoms with van der Waals surface area (Å²) in [6.07, 6.45) is 5.34. The average Bonchev–Trinajstić information content (AvgIpc) is 2.55. The molecule has 1 saturated carbocycles. The maximum atomic E-state index is 11.2. The first kappa shape index (κ1) is 14.7. The lowest BCUT2D eigenvalue weighted by Gasteiger charge is -2.39. The summed E-state index contributed by atoms with van der Waals surface area (Å²) >= 11 is 1.80. The van der Waals surface area contributed by atoms with Gasteiger partial charge in [0.05, 0.1) is 10.9 Å². The fourth-order valence-electron chi connectivity index (χ4n) is 3.18. The van der Waals surface area contributed by atoms with E-state index in [4.69, 9.17) is 0 Å². The molecule has 110 valence electrons. The van der Waals surface area contributed by atoms with Gasteiger partial charge in [0.1, 0.15) is 0 Å². The van der Waals surface area contributed by atoms with Crippen LogP contribution in [0.25, 0.3) is 0 Å². The van der Waals surface area contributed by atoms with Gasteiger partial charge >= 0.3 is 0 Å². The maximum absolute atomic E-state index is 11.2. The molecule has 1 aliphatic rings. The second-order valence-electron chi connectivity index (χ2n) is 5.89. The van der Waals surface area contributed by atoms with E-state index in [1.54, 1.807) is 11.8 Å². The Morgan fingerprint density at radius 1 is 0.810 bits per heavy atom. The van der Waals surface area contributed by atoms with Crippen LogP contribution in [-0.4, -0.2) is 10.7 Å². The van der Waals surface area contributed by atoms with E-state index in [1.165, 1.54) is 16.9 Å². The topological polar surface area (TPSA) is 20.2 Å². The molecule has 21 heavy (non-hydrogen) atoms. The lowest BCUT2D eigenvalue weighted by molar-refractivity contribution is 0.00162. The molecule has 0 aliphatic heterocycles. The summed E-state index contributed by atoms with van der Waals surface area (Å²) in [6, 6.07) is 20.9. The summed E-state index contributed by atoms with van der Waals surface area (Å²) in [5.41, 5.74) is 0.649. The molecule has 1 nitrogen and oxygen atoms in total. The monoisotopic (exact) mass is 298 g/mol. The van der Waals surface area contributed by atoms with E-state index < -0.39 is 5.60 Å². The molecule has 2 aromatic carbocycles. The first-order valence-electron chi connectivity index (χ1n) is 7.77. The summed E-state index contributed by atoms with van der Waals surface area (Å²) < 4.78 is 0. The molecule has 1 aliphatic carbocycles. The minimum atomic E-state index is -0.583. The van der Waals surface area contributed by atoms with E-state index in [0.717, 1.165) is 25.7 Å². The third kappa shape index (κ3) is 3.50. The van der Waals surface area contributed by atoms with Crippen molar-refractivity contribution in [1.29, 1.82) is 0 Å². The highest BCUT2D eigenvalue weighted by molar-refractivity contribution is 7.99. The van der Waals surface area contributed by atoms with E-state index in [1.807, 2.05) is 12.1 Å². The Labute approximate surface area is 131 Å². The van der Waals surface area contributed by atoms with E-state index in [9.17, 15) is 5.11 Å². The van der Waals surface area contributed by atoms with Crippen molar-refractivity contribution in [2.45, 2.75) is 47.9 Å². The standard InChI is InChI=1S/C19H22OS/c20-19(14-8-3-9-15-19)18(16-10-4-1-5-11-16)21-17-12-6-2-7-13-17/h1-2,4-7,10-13,18,20H,3,8-9,14-15H2/t18-/m0/s1. The number of hydrogen-bond acceptors (Lipinski definition) is 2. The van der Waals surface area contributed by atoms with Crippen LogP contribution in [0.3, 0.4) is 0 Å². The van der Waals surface area contributed by atoms with Crippen LogP contribution in [0.2, 0.25) is 0 Å². The lowest BCUT2D eigenvalue weighted by Crippen LogP contribution is -2.36. The molecule has 0 spiro atoms. The molecule has 0 amide bonds. The molecular weight excluding hydrogens is 276 g/mol. The highest BCUT2D eigenvalue weighted by Crippen LogP contribution is 2.48. The van der Waals surface area contributed by atoms with Gasteiger partial charge in [-0.1, -0.05) is 67.8 Å². The average molecular weight is 298 g/mol. The van der Waals surface area contributed by atoms with Crippen LogP contribution in [0.15, 0.2) is 65.6 Å². The van der Waals surface area contributed by atoms with E-state index in [-0.39, 0.29) is 5.25 Å². The largest absolute Gasteiger partial charge is 0.388 e. The predicted octanol–water partition coefficient (Wildman–Crippen LogP) is 5.22. The van der Waals surface area contributed by atoms with Gasteiger partial charge < -0.3 is 5.11 Å². The van der Waals surface area contributed by atoms with Crippen LogP contribution < -0.4 is 0 Å². The maximum Gasteiger partial charge on any atom is 0.0810 e. The van der Waals surface area contributed by atoms with Gasteiger partial charge in [-0.05, 0) is 30.5 Å². The molecule has 3 rings (SSSR count). The van der Waals surface area contributed by atoms with Crippen molar-refractivity contribution in [1.82, 2.24) is 0 Å². The molecule has 2 heteroatoms. The summed E-state index contributed by atoms with van der Waals surface area (Å²) in [5, 5.41) is 11.3.